The van der Waals surface area contributed by atoms with E-state index in [0.717, 1.165) is 32.7 Å². The van der Waals surface area contributed by atoms with E-state index >= 15 is 0 Å². The summed E-state index contributed by atoms with van der Waals surface area (Å²) in [4.78, 5) is 75.5. The van der Waals surface area contributed by atoms with Crippen LogP contribution >= 0.6 is 0 Å². The second kappa shape index (κ2) is 16.7. The molecule has 50 heavy (non-hydrogen) atoms. The van der Waals surface area contributed by atoms with E-state index in [4.69, 9.17) is 5.73 Å². The highest BCUT2D eigenvalue weighted by molar-refractivity contribution is 6.04. The van der Waals surface area contributed by atoms with Crippen LogP contribution in [0, 0.1) is 5.92 Å². The summed E-state index contributed by atoms with van der Waals surface area (Å²) in [6.07, 6.45) is 0.725. The van der Waals surface area contributed by atoms with Crippen LogP contribution in [0.3, 0.4) is 0 Å². The quantitative estimate of drug-likeness (QED) is 0.103. The van der Waals surface area contributed by atoms with Crippen LogP contribution < -0.4 is 16.4 Å². The Balaban J connectivity index is 1.49. The molecule has 13 nitrogen and oxygen atoms in total. The monoisotopic (exact) mass is 686 g/mol. The lowest BCUT2D eigenvalue weighted by molar-refractivity contribution is -0.148. The Kier molecular flexibility index (Phi) is 12.4. The number of carboxylic acid groups (broad SMARTS) is 2. The van der Waals surface area contributed by atoms with Gasteiger partial charge in [0.1, 0.15) is 6.04 Å². The zero-order valence-corrected chi connectivity index (χ0v) is 28.2. The van der Waals surface area contributed by atoms with Crippen LogP contribution in [-0.2, 0) is 30.3 Å². The Hall–Kier alpha value is -5.56. The molecule has 0 heterocycles. The minimum absolute atomic E-state index is 0.0236. The number of hydrogen-bond donors (Lipinski definition) is 5. The Labute approximate surface area is 289 Å². The van der Waals surface area contributed by atoms with Gasteiger partial charge in [-0.15, -0.1) is 0 Å². The Morgan fingerprint density at radius 1 is 0.880 bits per heavy atom. The number of methoxy groups -OCH3 is 1. The van der Waals surface area contributed by atoms with Gasteiger partial charge in [-0.2, -0.15) is 0 Å². The van der Waals surface area contributed by atoms with E-state index in [1.807, 2.05) is 30.3 Å². The Bertz CT molecular complexity index is 1770. The molecule has 0 aromatic heterocycles. The zero-order chi connectivity index (χ0) is 36.5. The van der Waals surface area contributed by atoms with Crippen molar-refractivity contribution in [2.45, 2.75) is 64.3 Å². The van der Waals surface area contributed by atoms with Crippen LogP contribution in [0.4, 0.5) is 16.2 Å². The summed E-state index contributed by atoms with van der Waals surface area (Å²) in [5.41, 5.74) is 11.4. The number of anilines is 2. The van der Waals surface area contributed by atoms with Gasteiger partial charge in [0.25, 0.3) is 0 Å². The Morgan fingerprint density at radius 3 is 2.12 bits per heavy atom. The van der Waals surface area contributed by atoms with Crippen molar-refractivity contribution in [1.29, 1.82) is 0 Å². The van der Waals surface area contributed by atoms with E-state index in [2.05, 4.69) is 15.4 Å². The number of aliphatic carboxylic acids is 2. The van der Waals surface area contributed by atoms with E-state index in [9.17, 15) is 39.0 Å². The fourth-order valence-corrected chi connectivity index (χ4v) is 6.17. The number of fused-ring (bicyclic) bond motifs is 3. The molecule has 1 aliphatic rings. The molecule has 0 aliphatic heterocycles. The van der Waals surface area contributed by atoms with Gasteiger partial charge in [-0.25, -0.2) is 19.3 Å². The van der Waals surface area contributed by atoms with E-state index in [-0.39, 0.29) is 55.3 Å². The summed E-state index contributed by atoms with van der Waals surface area (Å²) in [5, 5.41) is 25.1. The molecule has 6 N–H and O–H groups in total. The van der Waals surface area contributed by atoms with E-state index in [1.54, 1.807) is 19.9 Å². The Morgan fingerprint density at radius 2 is 1.52 bits per heavy atom. The van der Waals surface area contributed by atoms with Gasteiger partial charge in [-0.1, -0.05) is 38.1 Å². The van der Waals surface area contributed by atoms with Gasteiger partial charge in [0.15, 0.2) is 0 Å². The van der Waals surface area contributed by atoms with Gasteiger partial charge in [0.05, 0.1) is 25.6 Å². The third kappa shape index (κ3) is 9.32. The summed E-state index contributed by atoms with van der Waals surface area (Å²) in [6.45, 7) is 3.44. The van der Waals surface area contributed by atoms with Crippen molar-refractivity contribution < 1.29 is 43.7 Å². The van der Waals surface area contributed by atoms with Gasteiger partial charge in [-0.05, 0) is 102 Å². The summed E-state index contributed by atoms with van der Waals surface area (Å²) in [5.74, 6) is -4.52. The molecule has 0 fully saturated rings. The standard InChI is InChI=1S/C37H42N4O9/c1-21(2)15-31(35(46)47)41(37(49)40-27-10-7-22(8-11-27)36(48)50-3)33(43)6-4-5-23(19-34(44)45)24-9-13-29-25(16-24)17-26-18-28(12-14-30(26)29)39-32(42)20-38/h7-14,16,18,21,23,31H,4-6,15,17,19-20,38H2,1-3H3,(H,39,42)(H,40,49)(H,44,45)(H,46,47)/t23-,31+/m1/s1. The number of benzene rings is 3. The molecular weight excluding hydrogens is 644 g/mol. The lowest BCUT2D eigenvalue weighted by Gasteiger charge is -2.29. The van der Waals surface area contributed by atoms with Crippen molar-refractivity contribution in [3.8, 4) is 11.1 Å². The number of ether oxygens (including phenoxy) is 1. The normalized spacial score (nSPS) is 12.7. The van der Waals surface area contributed by atoms with Crippen molar-refractivity contribution >= 4 is 47.1 Å². The molecule has 0 unspecified atom stereocenters. The second-order valence-corrected chi connectivity index (χ2v) is 12.7. The molecule has 4 rings (SSSR count). The van der Waals surface area contributed by atoms with Crippen molar-refractivity contribution in [1.82, 2.24) is 4.90 Å². The van der Waals surface area contributed by atoms with Gasteiger partial charge in [0.2, 0.25) is 11.8 Å². The molecule has 3 aromatic rings. The number of urea groups is 1. The molecule has 1 aliphatic carbocycles. The highest BCUT2D eigenvalue weighted by Crippen LogP contribution is 2.40. The molecule has 0 bridgehead atoms. The number of esters is 1. The minimum atomic E-state index is -1.44. The SMILES string of the molecule is COC(=O)c1ccc(NC(=O)N(C(=O)CCC[C@H](CC(=O)O)c2ccc3c(c2)Cc2cc(NC(=O)CN)ccc2-3)[C@@H](CC(C)C)C(=O)O)cc1. The van der Waals surface area contributed by atoms with E-state index in [1.165, 1.54) is 31.4 Å². The summed E-state index contributed by atoms with van der Waals surface area (Å²) in [7, 11) is 1.24. The number of nitrogens with zero attached hydrogens (tertiary/aromatic N) is 1. The van der Waals surface area contributed by atoms with Crippen LogP contribution in [0.1, 0.15) is 78.9 Å². The number of imide groups is 1. The van der Waals surface area contributed by atoms with Crippen molar-refractivity contribution in [3.63, 3.8) is 0 Å². The highest BCUT2D eigenvalue weighted by atomic mass is 16.5. The first kappa shape index (κ1) is 37.3. The molecule has 2 atom stereocenters. The predicted octanol–water partition coefficient (Wildman–Crippen LogP) is 5.23. The summed E-state index contributed by atoms with van der Waals surface area (Å²) >= 11 is 0. The summed E-state index contributed by atoms with van der Waals surface area (Å²) in [6, 6.07) is 14.8. The van der Waals surface area contributed by atoms with Gasteiger partial charge < -0.3 is 31.3 Å². The van der Waals surface area contributed by atoms with Crippen molar-refractivity contribution in [2.75, 3.05) is 24.3 Å². The lowest BCUT2D eigenvalue weighted by atomic mass is 9.88. The molecule has 3 aromatic carbocycles. The third-order valence-corrected chi connectivity index (χ3v) is 8.55. The van der Waals surface area contributed by atoms with Crippen LogP contribution in [0.15, 0.2) is 60.7 Å². The predicted molar refractivity (Wildman–Crippen MR) is 186 cm³/mol. The molecule has 264 valence electrons. The maximum Gasteiger partial charge on any atom is 0.337 e. The molecular formula is C37H42N4O9. The highest BCUT2D eigenvalue weighted by Gasteiger charge is 2.35. The number of rotatable bonds is 15. The number of carbonyl (C=O) groups excluding carboxylic acids is 4. The molecule has 0 spiro atoms. The number of carbonyl (C=O) groups is 6. The van der Waals surface area contributed by atoms with Gasteiger partial charge in [-0.3, -0.25) is 14.4 Å². The maximum atomic E-state index is 13.6. The van der Waals surface area contributed by atoms with Crippen molar-refractivity contribution in [3.05, 3.63) is 82.9 Å². The second-order valence-electron chi connectivity index (χ2n) is 12.7. The van der Waals surface area contributed by atoms with E-state index in [0.29, 0.717) is 18.5 Å². The van der Waals surface area contributed by atoms with Crippen LogP contribution in [0.2, 0.25) is 0 Å². The molecule has 4 amide bonds. The molecule has 13 heteroatoms. The first-order chi connectivity index (χ1) is 23.8. The van der Waals surface area contributed by atoms with Crippen molar-refractivity contribution in [2.24, 2.45) is 11.7 Å². The van der Waals surface area contributed by atoms with Gasteiger partial charge in [0, 0.05) is 17.8 Å². The first-order valence-electron chi connectivity index (χ1n) is 16.3. The summed E-state index contributed by atoms with van der Waals surface area (Å²) < 4.78 is 4.68. The number of nitrogens with two attached hydrogens (primary N) is 1. The first-order valence-corrected chi connectivity index (χ1v) is 16.3. The topological polar surface area (TPSA) is 205 Å². The minimum Gasteiger partial charge on any atom is -0.481 e. The number of carboxylic acids is 2. The van der Waals surface area contributed by atoms with E-state index < -0.39 is 41.8 Å². The maximum absolute atomic E-state index is 13.6. The average molecular weight is 687 g/mol. The van der Waals surface area contributed by atoms with Gasteiger partial charge >= 0.3 is 23.9 Å². The number of nitrogens with one attached hydrogen (secondary N) is 2. The fourth-order valence-electron chi connectivity index (χ4n) is 6.17. The molecule has 0 saturated carbocycles. The number of amides is 4. The molecule has 0 radical (unpaired) electrons. The van der Waals surface area contributed by atoms with Crippen LogP contribution in [0.5, 0.6) is 0 Å². The van der Waals surface area contributed by atoms with Crippen LogP contribution in [-0.4, -0.2) is 70.6 Å². The smallest absolute Gasteiger partial charge is 0.337 e. The largest absolute Gasteiger partial charge is 0.481 e. The zero-order valence-electron chi connectivity index (χ0n) is 28.2. The van der Waals surface area contributed by atoms with Crippen LogP contribution in [0.25, 0.3) is 11.1 Å². The average Bonchev–Trinajstić information content (AvgIpc) is 3.44. The number of hydrogen-bond acceptors (Lipinski definition) is 8. The third-order valence-electron chi connectivity index (χ3n) is 8.55. The lowest BCUT2D eigenvalue weighted by Crippen LogP contribution is -2.51. The fraction of sp³-hybridized carbons (Fsp3) is 0.351. The molecule has 0 saturated heterocycles.